The molecular weight excluding hydrogens is 383 g/mol. The number of fused-ring (bicyclic) bond motifs is 1. The van der Waals surface area contributed by atoms with E-state index in [0.717, 1.165) is 19.5 Å². The van der Waals surface area contributed by atoms with Gasteiger partial charge in [0.1, 0.15) is 0 Å². The highest BCUT2D eigenvalue weighted by Gasteiger charge is 2.18. The maximum absolute atomic E-state index is 12.4. The smallest absolute Gasteiger partial charge is 0.258 e. The van der Waals surface area contributed by atoms with Crippen LogP contribution in [0.5, 0.6) is 0 Å². The zero-order valence-corrected chi connectivity index (χ0v) is 15.8. The van der Waals surface area contributed by atoms with Gasteiger partial charge in [-0.25, -0.2) is 9.97 Å². The lowest BCUT2D eigenvalue weighted by atomic mass is 10.0. The second-order valence-corrected chi connectivity index (χ2v) is 7.13. The van der Waals surface area contributed by atoms with E-state index in [-0.39, 0.29) is 5.91 Å². The first-order chi connectivity index (χ1) is 13.1. The van der Waals surface area contributed by atoms with Gasteiger partial charge in [0.2, 0.25) is 5.95 Å². The van der Waals surface area contributed by atoms with Crippen LogP contribution in [0.2, 0.25) is 10.0 Å². The van der Waals surface area contributed by atoms with E-state index in [1.807, 2.05) is 6.07 Å². The lowest BCUT2D eigenvalue weighted by Crippen LogP contribution is -2.31. The molecule has 0 spiro atoms. The fourth-order valence-corrected chi connectivity index (χ4v) is 3.39. The minimum Gasteiger partial charge on any atom is -0.336 e. The van der Waals surface area contributed by atoms with Crippen molar-refractivity contribution in [3.8, 4) is 0 Å². The fourth-order valence-electron chi connectivity index (χ4n) is 3.06. The summed E-state index contributed by atoms with van der Waals surface area (Å²) in [6.45, 7) is 1.61. The second kappa shape index (κ2) is 7.55. The van der Waals surface area contributed by atoms with Gasteiger partial charge < -0.3 is 10.2 Å². The predicted molar refractivity (Wildman–Crippen MR) is 108 cm³/mol. The molecule has 7 heteroatoms. The minimum absolute atomic E-state index is 0.338. The first-order valence-electron chi connectivity index (χ1n) is 8.50. The van der Waals surface area contributed by atoms with Crippen LogP contribution < -0.4 is 10.2 Å². The number of rotatable bonds is 3. The van der Waals surface area contributed by atoms with Crippen LogP contribution in [-0.2, 0) is 13.0 Å². The third-order valence-corrected chi connectivity index (χ3v) is 5.06. The van der Waals surface area contributed by atoms with E-state index in [0.29, 0.717) is 27.2 Å². The number of carbonyl (C=O) groups excluding carboxylic acids is 1. The highest BCUT2D eigenvalue weighted by atomic mass is 35.5. The Balaban J connectivity index is 1.48. The summed E-state index contributed by atoms with van der Waals surface area (Å²) < 4.78 is 0. The second-order valence-electron chi connectivity index (χ2n) is 6.29. The van der Waals surface area contributed by atoms with Crippen molar-refractivity contribution in [2.24, 2.45) is 0 Å². The van der Waals surface area contributed by atoms with E-state index in [1.54, 1.807) is 18.2 Å². The Morgan fingerprint density at radius 1 is 1.04 bits per heavy atom. The average Bonchev–Trinajstić information content (AvgIpc) is 2.70. The molecule has 0 unspecified atom stereocenters. The van der Waals surface area contributed by atoms with Crippen LogP contribution in [0.25, 0.3) is 0 Å². The zero-order valence-electron chi connectivity index (χ0n) is 14.3. The van der Waals surface area contributed by atoms with Crippen LogP contribution in [0, 0.1) is 0 Å². The maximum atomic E-state index is 12.4. The third-order valence-electron chi connectivity index (χ3n) is 4.49. The number of carbonyl (C=O) groups is 1. The van der Waals surface area contributed by atoms with Gasteiger partial charge in [0.05, 0.1) is 16.3 Å². The van der Waals surface area contributed by atoms with Crippen molar-refractivity contribution in [3.63, 3.8) is 0 Å². The molecule has 0 saturated carbocycles. The number of hydrogen-bond acceptors (Lipinski definition) is 4. The molecule has 0 atom stereocenters. The average molecular weight is 399 g/mol. The Bertz CT molecular complexity index is 992. The molecule has 1 aromatic heterocycles. The van der Waals surface area contributed by atoms with E-state index < -0.39 is 0 Å². The molecule has 2 heterocycles. The number of hydrogen-bond donors (Lipinski definition) is 1. The number of amides is 1. The van der Waals surface area contributed by atoms with Crippen LogP contribution in [0.4, 0.5) is 11.6 Å². The number of benzene rings is 2. The lowest BCUT2D eigenvalue weighted by molar-refractivity contribution is 0.102. The van der Waals surface area contributed by atoms with E-state index in [1.165, 1.54) is 23.5 Å². The maximum Gasteiger partial charge on any atom is 0.258 e. The quantitative estimate of drug-likeness (QED) is 0.700. The van der Waals surface area contributed by atoms with Crippen LogP contribution in [0.3, 0.4) is 0 Å². The predicted octanol–water partition coefficient (Wildman–Crippen LogP) is 4.60. The van der Waals surface area contributed by atoms with Gasteiger partial charge in [-0.1, -0.05) is 47.5 Å². The normalized spacial score (nSPS) is 13.2. The van der Waals surface area contributed by atoms with E-state index in [2.05, 4.69) is 38.4 Å². The van der Waals surface area contributed by atoms with Crippen molar-refractivity contribution in [2.45, 2.75) is 13.0 Å². The molecule has 0 fully saturated rings. The molecule has 27 heavy (non-hydrogen) atoms. The summed E-state index contributed by atoms with van der Waals surface area (Å²) in [5.74, 6) is 0.275. The Morgan fingerprint density at radius 2 is 1.78 bits per heavy atom. The Kier molecular flexibility index (Phi) is 4.97. The number of anilines is 2. The highest BCUT2D eigenvalue weighted by Crippen LogP contribution is 2.26. The lowest BCUT2D eigenvalue weighted by Gasteiger charge is -2.28. The summed E-state index contributed by atoms with van der Waals surface area (Å²) in [5.41, 5.74) is 3.45. The first kappa shape index (κ1) is 17.8. The van der Waals surface area contributed by atoms with E-state index >= 15 is 0 Å². The highest BCUT2D eigenvalue weighted by molar-refractivity contribution is 6.35. The molecule has 0 aliphatic carbocycles. The Labute approximate surface area is 167 Å². The summed E-state index contributed by atoms with van der Waals surface area (Å²) in [5, 5.41) is 3.64. The fraction of sp³-hybridized carbons (Fsp3) is 0.150. The molecule has 1 aliphatic rings. The third kappa shape index (κ3) is 3.89. The number of nitrogens with zero attached hydrogens (tertiary/aromatic N) is 3. The Morgan fingerprint density at radius 3 is 2.56 bits per heavy atom. The SMILES string of the molecule is O=C(Nc1cc(Cl)ccc1Cl)c1cnc(N2CCc3ccccc3C2)nc1. The minimum atomic E-state index is -0.338. The van der Waals surface area contributed by atoms with Crippen molar-refractivity contribution < 1.29 is 4.79 Å². The number of halogens is 2. The molecule has 0 radical (unpaired) electrons. The molecule has 1 N–H and O–H groups in total. The monoisotopic (exact) mass is 398 g/mol. The summed E-state index contributed by atoms with van der Waals surface area (Å²) in [6, 6.07) is 13.3. The molecule has 3 aromatic rings. The van der Waals surface area contributed by atoms with Crippen molar-refractivity contribution in [3.05, 3.63) is 81.6 Å². The first-order valence-corrected chi connectivity index (χ1v) is 9.26. The summed E-state index contributed by atoms with van der Waals surface area (Å²) in [7, 11) is 0. The van der Waals surface area contributed by atoms with Gasteiger partial charge in [-0.05, 0) is 35.7 Å². The number of aromatic nitrogens is 2. The van der Waals surface area contributed by atoms with Crippen LogP contribution in [0.1, 0.15) is 21.5 Å². The largest absolute Gasteiger partial charge is 0.336 e. The van der Waals surface area contributed by atoms with Crippen molar-refractivity contribution in [1.82, 2.24) is 9.97 Å². The molecule has 1 aliphatic heterocycles. The van der Waals surface area contributed by atoms with Crippen LogP contribution in [-0.4, -0.2) is 22.4 Å². The summed E-state index contributed by atoms with van der Waals surface area (Å²) in [4.78, 5) is 23.3. The standard InChI is InChI=1S/C20H16Cl2N4O/c21-16-5-6-17(22)18(9-16)25-19(27)15-10-23-20(24-11-15)26-8-7-13-3-1-2-4-14(13)12-26/h1-6,9-11H,7-8,12H2,(H,25,27). The zero-order chi connectivity index (χ0) is 18.8. The van der Waals surface area contributed by atoms with Gasteiger partial charge in [-0.2, -0.15) is 0 Å². The molecule has 1 amide bonds. The summed E-state index contributed by atoms with van der Waals surface area (Å²) >= 11 is 12.0. The van der Waals surface area contributed by atoms with Gasteiger partial charge in [0, 0.05) is 30.5 Å². The topological polar surface area (TPSA) is 58.1 Å². The van der Waals surface area contributed by atoms with E-state index in [9.17, 15) is 4.79 Å². The Hall–Kier alpha value is -2.63. The number of nitrogens with one attached hydrogen (secondary N) is 1. The van der Waals surface area contributed by atoms with Crippen molar-refractivity contribution in [2.75, 3.05) is 16.8 Å². The van der Waals surface area contributed by atoms with Crippen LogP contribution >= 0.6 is 23.2 Å². The molecule has 5 nitrogen and oxygen atoms in total. The van der Waals surface area contributed by atoms with Gasteiger partial charge >= 0.3 is 0 Å². The van der Waals surface area contributed by atoms with Gasteiger partial charge in [0.15, 0.2) is 0 Å². The molecule has 0 saturated heterocycles. The molecule has 2 aromatic carbocycles. The van der Waals surface area contributed by atoms with Crippen LogP contribution in [0.15, 0.2) is 54.9 Å². The molecule has 136 valence electrons. The van der Waals surface area contributed by atoms with Gasteiger partial charge in [-0.15, -0.1) is 0 Å². The summed E-state index contributed by atoms with van der Waals surface area (Å²) in [6.07, 6.45) is 4.00. The van der Waals surface area contributed by atoms with Gasteiger partial charge in [-0.3, -0.25) is 4.79 Å². The molecular formula is C20H16Cl2N4O. The van der Waals surface area contributed by atoms with E-state index in [4.69, 9.17) is 23.2 Å². The van der Waals surface area contributed by atoms with Gasteiger partial charge in [0.25, 0.3) is 5.91 Å². The van der Waals surface area contributed by atoms with Crippen molar-refractivity contribution >= 4 is 40.7 Å². The van der Waals surface area contributed by atoms with Crippen molar-refractivity contribution in [1.29, 1.82) is 0 Å². The molecule has 4 rings (SSSR count). The molecule has 0 bridgehead atoms.